The summed E-state index contributed by atoms with van der Waals surface area (Å²) in [4.78, 5) is 0. The molecule has 0 aromatic heterocycles. The smallest absolute Gasteiger partial charge is 0.317 e. The van der Waals surface area contributed by atoms with E-state index in [1.165, 1.54) is 6.08 Å². The van der Waals surface area contributed by atoms with Crippen molar-refractivity contribution < 1.29 is 13.5 Å². The van der Waals surface area contributed by atoms with Crippen LogP contribution in [0.4, 0.5) is 0 Å². The standard InChI is InChI=1S/C6H6Cl2O.Cl2O2S/c7-5-3-1-2-4-6(5,8)9;1-5(2,3)4/h1-5,9H;. The van der Waals surface area contributed by atoms with Crippen LogP contribution in [0.3, 0.4) is 0 Å². The Hall–Kier alpha value is 0.550. The van der Waals surface area contributed by atoms with Crippen LogP contribution in [0.25, 0.3) is 0 Å². The normalized spacial score (nSPS) is 30.8. The molecule has 0 aromatic rings. The first-order valence-corrected chi connectivity index (χ1v) is 7.13. The van der Waals surface area contributed by atoms with Crippen LogP contribution in [0.5, 0.6) is 0 Å². The second-order valence-electron chi connectivity index (χ2n) is 2.25. The van der Waals surface area contributed by atoms with E-state index in [4.69, 9.17) is 36.7 Å². The second kappa shape index (κ2) is 5.58. The number of aliphatic hydroxyl groups is 1. The van der Waals surface area contributed by atoms with Gasteiger partial charge in [0.1, 0.15) is 0 Å². The van der Waals surface area contributed by atoms with Crippen LogP contribution in [0.2, 0.25) is 0 Å². The minimum atomic E-state index is -3.72. The summed E-state index contributed by atoms with van der Waals surface area (Å²) in [5.74, 6) is 0. The molecule has 0 fully saturated rings. The molecule has 14 heavy (non-hydrogen) atoms. The molecule has 82 valence electrons. The van der Waals surface area contributed by atoms with E-state index in [-0.39, 0.29) is 0 Å². The predicted molar refractivity (Wildman–Crippen MR) is 59.3 cm³/mol. The van der Waals surface area contributed by atoms with Crippen molar-refractivity contribution in [1.82, 2.24) is 0 Å². The highest BCUT2D eigenvalue weighted by Gasteiger charge is 2.29. The molecular formula is C6H6Cl4O3S. The fraction of sp³-hybridized carbons (Fsp3) is 0.333. The zero-order valence-corrected chi connectivity index (χ0v) is 10.4. The van der Waals surface area contributed by atoms with Gasteiger partial charge in [0.15, 0.2) is 5.06 Å². The van der Waals surface area contributed by atoms with Gasteiger partial charge < -0.3 is 5.11 Å². The number of alkyl halides is 2. The van der Waals surface area contributed by atoms with Crippen LogP contribution in [0, 0.1) is 0 Å². The Morgan fingerprint density at radius 2 is 1.71 bits per heavy atom. The molecule has 0 aromatic carbocycles. The number of halogens is 4. The second-order valence-corrected chi connectivity index (χ2v) is 7.00. The fourth-order valence-electron chi connectivity index (χ4n) is 0.579. The topological polar surface area (TPSA) is 54.4 Å². The fourth-order valence-corrected chi connectivity index (χ4v) is 0.881. The van der Waals surface area contributed by atoms with Crippen molar-refractivity contribution in [2.45, 2.75) is 10.4 Å². The lowest BCUT2D eigenvalue weighted by Gasteiger charge is -2.21. The Morgan fingerprint density at radius 3 is 1.93 bits per heavy atom. The van der Waals surface area contributed by atoms with Crippen LogP contribution < -0.4 is 0 Å². The highest BCUT2D eigenvalue weighted by atomic mass is 36.0. The summed E-state index contributed by atoms with van der Waals surface area (Å²) in [5.41, 5.74) is 0. The number of allylic oxidation sites excluding steroid dienone is 2. The third-order valence-electron chi connectivity index (χ3n) is 1.11. The minimum Gasteiger partial charge on any atom is -0.370 e. The molecule has 0 amide bonds. The first-order chi connectivity index (χ1) is 6.13. The van der Waals surface area contributed by atoms with Crippen molar-refractivity contribution in [3.8, 4) is 0 Å². The van der Waals surface area contributed by atoms with Gasteiger partial charge in [-0.25, -0.2) is 0 Å². The van der Waals surface area contributed by atoms with Gasteiger partial charge >= 0.3 is 8.26 Å². The van der Waals surface area contributed by atoms with E-state index in [9.17, 15) is 0 Å². The van der Waals surface area contributed by atoms with Gasteiger partial charge in [0.05, 0.1) is 5.38 Å². The maximum atomic E-state index is 9.16. The highest BCUT2D eigenvalue weighted by molar-refractivity contribution is 8.31. The molecule has 0 radical (unpaired) electrons. The van der Waals surface area contributed by atoms with E-state index in [0.29, 0.717) is 0 Å². The molecular weight excluding hydrogens is 294 g/mol. The Kier molecular flexibility index (Phi) is 5.80. The molecule has 0 bridgehead atoms. The van der Waals surface area contributed by atoms with E-state index < -0.39 is 18.7 Å². The molecule has 0 heterocycles. The molecule has 0 aliphatic heterocycles. The number of rotatable bonds is 0. The quantitative estimate of drug-likeness (QED) is 0.552. The average Bonchev–Trinajstić information content (AvgIpc) is 1.92. The van der Waals surface area contributed by atoms with Gasteiger partial charge in [-0.2, -0.15) is 8.42 Å². The van der Waals surface area contributed by atoms with Gasteiger partial charge in [-0.05, 0) is 6.08 Å². The van der Waals surface area contributed by atoms with Gasteiger partial charge in [0, 0.05) is 21.4 Å². The number of hydrogen-bond acceptors (Lipinski definition) is 3. The first-order valence-electron chi connectivity index (χ1n) is 3.18. The highest BCUT2D eigenvalue weighted by Crippen LogP contribution is 2.26. The Balaban J connectivity index is 0.000000292. The van der Waals surface area contributed by atoms with Crippen LogP contribution in [-0.4, -0.2) is 24.0 Å². The van der Waals surface area contributed by atoms with Crippen LogP contribution in [0.15, 0.2) is 24.3 Å². The number of hydrogen-bond donors (Lipinski definition) is 1. The predicted octanol–water partition coefficient (Wildman–Crippen LogP) is 2.36. The van der Waals surface area contributed by atoms with E-state index in [2.05, 4.69) is 21.4 Å². The maximum Gasteiger partial charge on any atom is 0.317 e. The van der Waals surface area contributed by atoms with E-state index in [1.807, 2.05) is 0 Å². The van der Waals surface area contributed by atoms with Crippen molar-refractivity contribution in [2.24, 2.45) is 0 Å². The maximum absolute atomic E-state index is 9.16. The lowest BCUT2D eigenvalue weighted by Crippen LogP contribution is -2.29. The monoisotopic (exact) mass is 298 g/mol. The summed E-state index contributed by atoms with van der Waals surface area (Å²) in [5, 5.41) is 7.22. The van der Waals surface area contributed by atoms with Crippen LogP contribution in [0.1, 0.15) is 0 Å². The lowest BCUT2D eigenvalue weighted by molar-refractivity contribution is 0.185. The molecule has 0 saturated carbocycles. The van der Waals surface area contributed by atoms with E-state index in [0.717, 1.165) is 0 Å². The SMILES string of the molecule is O=S(=O)(Cl)Cl.OC1(Cl)C=CC=CC1Cl. The van der Waals surface area contributed by atoms with Crippen molar-refractivity contribution >= 4 is 52.8 Å². The average molecular weight is 300 g/mol. The van der Waals surface area contributed by atoms with Crippen molar-refractivity contribution in [3.63, 3.8) is 0 Å². The molecule has 0 spiro atoms. The van der Waals surface area contributed by atoms with Gasteiger partial charge in [-0.15, -0.1) is 11.6 Å². The zero-order valence-electron chi connectivity index (χ0n) is 6.57. The van der Waals surface area contributed by atoms with Gasteiger partial charge in [-0.3, -0.25) is 0 Å². The van der Waals surface area contributed by atoms with E-state index >= 15 is 0 Å². The Morgan fingerprint density at radius 1 is 1.29 bits per heavy atom. The van der Waals surface area contributed by atoms with E-state index in [1.54, 1.807) is 18.2 Å². The van der Waals surface area contributed by atoms with Crippen LogP contribution in [-0.2, 0) is 8.26 Å². The lowest BCUT2D eigenvalue weighted by atomic mass is 10.1. The summed E-state index contributed by atoms with van der Waals surface area (Å²) in [6, 6.07) is 0. The van der Waals surface area contributed by atoms with Crippen molar-refractivity contribution in [2.75, 3.05) is 0 Å². The zero-order chi connectivity index (χ0) is 11.4. The van der Waals surface area contributed by atoms with Crippen molar-refractivity contribution in [3.05, 3.63) is 24.3 Å². The molecule has 2 atom stereocenters. The molecule has 1 aliphatic rings. The molecule has 1 rings (SSSR count). The largest absolute Gasteiger partial charge is 0.370 e. The Labute approximate surface area is 101 Å². The summed E-state index contributed by atoms with van der Waals surface area (Å²) >= 11 is 11.1. The first kappa shape index (κ1) is 14.6. The third kappa shape index (κ3) is 7.91. The molecule has 1 N–H and O–H groups in total. The van der Waals surface area contributed by atoms with Gasteiger partial charge in [0.2, 0.25) is 0 Å². The third-order valence-corrected chi connectivity index (χ3v) is 2.06. The molecule has 3 nitrogen and oxygen atoms in total. The molecule has 8 heteroatoms. The van der Waals surface area contributed by atoms with Gasteiger partial charge in [-0.1, -0.05) is 29.8 Å². The summed E-state index contributed by atoms with van der Waals surface area (Å²) in [6.07, 6.45) is 6.49. The molecule has 0 saturated heterocycles. The Bertz CT molecular complexity index is 325. The molecule has 2 unspecified atom stereocenters. The van der Waals surface area contributed by atoms with Crippen molar-refractivity contribution in [1.29, 1.82) is 0 Å². The molecule has 1 aliphatic carbocycles. The van der Waals surface area contributed by atoms with Gasteiger partial charge in [0.25, 0.3) is 0 Å². The van der Waals surface area contributed by atoms with Crippen LogP contribution >= 0.6 is 44.6 Å². The summed E-state index contributed by atoms with van der Waals surface area (Å²) < 4.78 is 18.3. The summed E-state index contributed by atoms with van der Waals surface area (Å²) in [6.45, 7) is 0. The minimum absolute atomic E-state index is 0.524. The summed E-state index contributed by atoms with van der Waals surface area (Å²) in [7, 11) is 4.81.